The fourth-order valence-electron chi connectivity index (χ4n) is 1.49. The molecule has 0 aliphatic carbocycles. The van der Waals surface area contributed by atoms with E-state index in [1.54, 1.807) is 0 Å². The van der Waals surface area contributed by atoms with Crippen LogP contribution in [0.2, 0.25) is 11.1 Å². The Hall–Kier alpha value is -0.701. The molecule has 0 bridgehead atoms. The van der Waals surface area contributed by atoms with E-state index in [2.05, 4.69) is 0 Å². The molecule has 0 spiro atoms. The van der Waals surface area contributed by atoms with E-state index in [0.29, 0.717) is 0 Å². The van der Waals surface area contributed by atoms with Crippen LogP contribution in [0, 0.1) is 0 Å². The van der Waals surface area contributed by atoms with Gasteiger partial charge in [-0.3, -0.25) is 0 Å². The molecule has 1 atom stereocenters. The van der Waals surface area contributed by atoms with E-state index in [1.165, 1.54) is 5.82 Å². The van der Waals surface area contributed by atoms with E-state index in [-0.39, 0.29) is 17.5 Å². The summed E-state index contributed by atoms with van der Waals surface area (Å²) in [6.07, 6.45) is -0.328. The molecule has 0 aliphatic rings. The number of benzene rings is 1. The molecule has 1 rings (SSSR count). The van der Waals surface area contributed by atoms with Crippen LogP contribution in [0.3, 0.4) is 0 Å². The monoisotopic (exact) mass is 290 g/mol. The summed E-state index contributed by atoms with van der Waals surface area (Å²) in [4.78, 5) is 0. The molecule has 4 heteroatoms. The first kappa shape index (κ1) is 13.4. The van der Waals surface area contributed by atoms with Gasteiger partial charge >= 0.3 is 98.2 Å². The maximum atomic E-state index is 11.4. The first-order valence-corrected chi connectivity index (χ1v) is 9.59. The summed E-state index contributed by atoms with van der Waals surface area (Å²) in [6, 6.07) is 9.49. The molecule has 0 amide bonds. The van der Waals surface area contributed by atoms with E-state index in [0.717, 1.165) is 5.56 Å². The minimum absolute atomic E-state index is 0.0181. The number of hydrogen-bond acceptors (Lipinski definition) is 3. The van der Waals surface area contributed by atoms with Crippen LogP contribution in [0.4, 0.5) is 0 Å². The van der Waals surface area contributed by atoms with Crippen LogP contribution in [0.1, 0.15) is 25.5 Å². The van der Waals surface area contributed by atoms with Gasteiger partial charge in [0.25, 0.3) is 0 Å². The molecule has 16 heavy (non-hydrogen) atoms. The second kappa shape index (κ2) is 5.58. The van der Waals surface area contributed by atoms with Gasteiger partial charge in [0.1, 0.15) is 0 Å². The van der Waals surface area contributed by atoms with Crippen molar-refractivity contribution < 1.29 is 12.4 Å². The molecular formula is C12H18O3Se. The summed E-state index contributed by atoms with van der Waals surface area (Å²) in [7, 11) is 0. The Kier molecular flexibility index (Phi) is 4.66. The zero-order chi connectivity index (χ0) is 12.2. The van der Waals surface area contributed by atoms with Crippen molar-refractivity contribution in [1.29, 1.82) is 0 Å². The molecule has 0 aliphatic heterocycles. The van der Waals surface area contributed by atoms with E-state index < -0.39 is 12.7 Å². The van der Waals surface area contributed by atoms with Crippen LogP contribution >= 0.6 is 0 Å². The zero-order valence-electron chi connectivity index (χ0n) is 9.88. The summed E-state index contributed by atoms with van der Waals surface area (Å²) >= 11 is -3.77. The second-order valence-electron chi connectivity index (χ2n) is 4.18. The molecule has 0 aromatic heterocycles. The fourth-order valence-corrected chi connectivity index (χ4v) is 3.21. The second-order valence-corrected chi connectivity index (χ2v) is 8.76. The standard InChI is InChI=1S/C12H18O3Se/c1-10(2)15-12(9-16(3,13)14)11-7-5-4-6-8-11/h4-8,10,12H,9H2,1-3H3. The predicted octanol–water partition coefficient (Wildman–Crippen LogP) is 3.09. The van der Waals surface area contributed by atoms with Crippen molar-refractivity contribution in [2.24, 2.45) is 0 Å². The average Bonchev–Trinajstić information content (AvgIpc) is 2.15. The van der Waals surface area contributed by atoms with Crippen LogP contribution in [0.25, 0.3) is 0 Å². The van der Waals surface area contributed by atoms with E-state index in [4.69, 9.17) is 4.74 Å². The molecule has 1 aromatic carbocycles. The quantitative estimate of drug-likeness (QED) is 0.782. The summed E-state index contributed by atoms with van der Waals surface area (Å²) in [5.74, 6) is 1.30. The van der Waals surface area contributed by atoms with Gasteiger partial charge in [-0.1, -0.05) is 0 Å². The molecular weight excluding hydrogens is 271 g/mol. The van der Waals surface area contributed by atoms with Gasteiger partial charge in [0.2, 0.25) is 0 Å². The molecule has 1 unspecified atom stereocenters. The van der Waals surface area contributed by atoms with Crippen molar-refractivity contribution in [1.82, 2.24) is 0 Å². The summed E-state index contributed by atoms with van der Waals surface area (Å²) in [5, 5.41) is 0.0959. The van der Waals surface area contributed by atoms with E-state index in [1.807, 2.05) is 44.2 Å². The number of hydrogen-bond donors (Lipinski definition) is 0. The minimum atomic E-state index is -3.77. The molecule has 90 valence electrons. The SMILES string of the molecule is CC(C)OC(C[Se](C)(=O)=O)c1ccccc1. The maximum absolute atomic E-state index is 11.4. The van der Waals surface area contributed by atoms with Gasteiger partial charge in [0, 0.05) is 0 Å². The first-order chi connectivity index (χ1) is 7.38. The van der Waals surface area contributed by atoms with Crippen LogP contribution in [0.15, 0.2) is 30.3 Å². The van der Waals surface area contributed by atoms with Gasteiger partial charge in [-0.2, -0.15) is 0 Å². The normalized spacial score (nSPS) is 14.0. The van der Waals surface area contributed by atoms with Crippen molar-refractivity contribution in [3.8, 4) is 0 Å². The molecule has 0 saturated carbocycles. The topological polar surface area (TPSA) is 43.4 Å². The molecule has 3 nitrogen and oxygen atoms in total. The van der Waals surface area contributed by atoms with Crippen molar-refractivity contribution in [2.45, 2.75) is 37.2 Å². The Morgan fingerprint density at radius 2 is 1.75 bits per heavy atom. The summed E-state index contributed by atoms with van der Waals surface area (Å²) < 4.78 is 28.4. The van der Waals surface area contributed by atoms with Gasteiger partial charge in [-0.15, -0.1) is 0 Å². The zero-order valence-corrected chi connectivity index (χ0v) is 11.6. The Labute approximate surface area is 98.4 Å². The molecule has 0 heterocycles. The number of ether oxygens (including phenoxy) is 1. The third-order valence-corrected chi connectivity index (χ3v) is 3.97. The van der Waals surface area contributed by atoms with E-state index in [9.17, 15) is 7.67 Å². The molecule has 1 aromatic rings. The molecule has 0 radical (unpaired) electrons. The van der Waals surface area contributed by atoms with Crippen LogP contribution in [-0.4, -0.2) is 18.8 Å². The fraction of sp³-hybridized carbons (Fsp3) is 0.500. The van der Waals surface area contributed by atoms with Crippen LogP contribution in [-0.2, 0) is 12.4 Å². The Balaban J connectivity index is 2.88. The van der Waals surface area contributed by atoms with Crippen molar-refractivity contribution in [3.05, 3.63) is 35.9 Å². The third kappa shape index (κ3) is 4.88. The van der Waals surface area contributed by atoms with Crippen LogP contribution < -0.4 is 0 Å². The Bertz CT molecular complexity index is 409. The van der Waals surface area contributed by atoms with Crippen LogP contribution in [0.5, 0.6) is 0 Å². The van der Waals surface area contributed by atoms with Gasteiger partial charge in [-0.25, -0.2) is 0 Å². The van der Waals surface area contributed by atoms with Gasteiger partial charge in [-0.05, 0) is 0 Å². The Morgan fingerprint density at radius 1 is 1.19 bits per heavy atom. The third-order valence-electron chi connectivity index (χ3n) is 2.06. The van der Waals surface area contributed by atoms with Gasteiger partial charge in [0.05, 0.1) is 0 Å². The van der Waals surface area contributed by atoms with Crippen molar-refractivity contribution >= 4 is 12.7 Å². The molecule has 0 fully saturated rings. The average molecular weight is 289 g/mol. The van der Waals surface area contributed by atoms with Crippen molar-refractivity contribution in [2.75, 3.05) is 0 Å². The molecule has 0 saturated heterocycles. The van der Waals surface area contributed by atoms with Crippen molar-refractivity contribution in [3.63, 3.8) is 0 Å². The Morgan fingerprint density at radius 3 is 2.19 bits per heavy atom. The summed E-state index contributed by atoms with van der Waals surface area (Å²) in [5.41, 5.74) is 0.923. The number of rotatable bonds is 5. The van der Waals surface area contributed by atoms with Gasteiger partial charge in [0.15, 0.2) is 0 Å². The molecule has 0 N–H and O–H groups in total. The van der Waals surface area contributed by atoms with Gasteiger partial charge < -0.3 is 0 Å². The summed E-state index contributed by atoms with van der Waals surface area (Å²) in [6.45, 7) is 3.82. The first-order valence-electron chi connectivity index (χ1n) is 5.26. The predicted molar refractivity (Wildman–Crippen MR) is 63.2 cm³/mol. The van der Waals surface area contributed by atoms with E-state index >= 15 is 0 Å².